The number of carbonyl (C=O) groups excluding carboxylic acids is 1. The molecule has 2 aromatic rings. The van der Waals surface area contributed by atoms with E-state index < -0.39 is 11.9 Å². The SMILES string of the molecule is CCc1ccccc1Oc1ccc(N[C@H](C)C(N)=O)cn1. The molecule has 0 saturated carbocycles. The number of ether oxygens (including phenoxy) is 1. The van der Waals surface area contributed by atoms with Gasteiger partial charge < -0.3 is 15.8 Å². The molecule has 0 spiro atoms. The van der Waals surface area contributed by atoms with Gasteiger partial charge in [-0.15, -0.1) is 0 Å². The quantitative estimate of drug-likeness (QED) is 0.855. The molecular formula is C16H19N3O2. The number of aromatic nitrogens is 1. The first kappa shape index (κ1) is 14.8. The second-order valence-electron chi connectivity index (χ2n) is 4.72. The number of hydrogen-bond donors (Lipinski definition) is 2. The molecular weight excluding hydrogens is 266 g/mol. The molecule has 0 fully saturated rings. The van der Waals surface area contributed by atoms with Crippen molar-refractivity contribution in [1.29, 1.82) is 0 Å². The number of para-hydroxylation sites is 1. The lowest BCUT2D eigenvalue weighted by Crippen LogP contribution is -2.32. The topological polar surface area (TPSA) is 77.2 Å². The lowest BCUT2D eigenvalue weighted by molar-refractivity contribution is -0.118. The maximum atomic E-state index is 11.0. The minimum absolute atomic E-state index is 0.410. The average molecular weight is 285 g/mol. The number of pyridine rings is 1. The number of carbonyl (C=O) groups is 1. The maximum Gasteiger partial charge on any atom is 0.239 e. The molecule has 2 rings (SSSR count). The van der Waals surface area contributed by atoms with Crippen molar-refractivity contribution in [2.75, 3.05) is 5.32 Å². The summed E-state index contributed by atoms with van der Waals surface area (Å²) in [5, 5.41) is 2.96. The van der Waals surface area contributed by atoms with Crippen LogP contribution in [-0.4, -0.2) is 16.9 Å². The number of nitrogens with zero attached hydrogens (tertiary/aromatic N) is 1. The van der Waals surface area contributed by atoms with Crippen LogP contribution in [0, 0.1) is 0 Å². The number of hydrogen-bond acceptors (Lipinski definition) is 4. The minimum Gasteiger partial charge on any atom is -0.439 e. The van der Waals surface area contributed by atoms with Crippen LogP contribution in [-0.2, 0) is 11.2 Å². The highest BCUT2D eigenvalue weighted by Crippen LogP contribution is 2.24. The van der Waals surface area contributed by atoms with Crippen LogP contribution in [0.4, 0.5) is 5.69 Å². The van der Waals surface area contributed by atoms with E-state index in [0.29, 0.717) is 5.88 Å². The van der Waals surface area contributed by atoms with Crippen molar-refractivity contribution in [1.82, 2.24) is 4.98 Å². The molecule has 0 radical (unpaired) electrons. The van der Waals surface area contributed by atoms with Gasteiger partial charge in [-0.1, -0.05) is 25.1 Å². The number of nitrogens with one attached hydrogen (secondary N) is 1. The molecule has 1 aromatic carbocycles. The molecule has 5 heteroatoms. The second-order valence-corrected chi connectivity index (χ2v) is 4.72. The van der Waals surface area contributed by atoms with Crippen LogP contribution in [0.5, 0.6) is 11.6 Å². The lowest BCUT2D eigenvalue weighted by atomic mass is 10.1. The molecule has 0 bridgehead atoms. The van der Waals surface area contributed by atoms with Gasteiger partial charge in [0.1, 0.15) is 11.8 Å². The number of aryl methyl sites for hydroxylation is 1. The van der Waals surface area contributed by atoms with Crippen molar-refractivity contribution >= 4 is 11.6 Å². The Morgan fingerprint density at radius 3 is 2.71 bits per heavy atom. The molecule has 0 aliphatic carbocycles. The summed E-state index contributed by atoms with van der Waals surface area (Å²) >= 11 is 0. The van der Waals surface area contributed by atoms with E-state index in [1.54, 1.807) is 25.3 Å². The minimum atomic E-state index is -0.445. The van der Waals surface area contributed by atoms with Crippen molar-refractivity contribution in [2.24, 2.45) is 5.73 Å². The Labute approximate surface area is 124 Å². The van der Waals surface area contributed by atoms with Gasteiger partial charge in [0.25, 0.3) is 0 Å². The van der Waals surface area contributed by atoms with Gasteiger partial charge in [-0.2, -0.15) is 0 Å². The fourth-order valence-electron chi connectivity index (χ4n) is 1.86. The summed E-state index contributed by atoms with van der Waals surface area (Å²) in [6.45, 7) is 3.78. The monoisotopic (exact) mass is 285 g/mol. The first-order valence-electron chi connectivity index (χ1n) is 6.87. The van der Waals surface area contributed by atoms with E-state index in [1.165, 1.54) is 0 Å². The summed E-state index contributed by atoms with van der Waals surface area (Å²) in [5.41, 5.74) is 7.05. The van der Waals surface area contributed by atoms with E-state index in [9.17, 15) is 4.79 Å². The van der Waals surface area contributed by atoms with E-state index in [2.05, 4.69) is 17.2 Å². The zero-order valence-corrected chi connectivity index (χ0v) is 12.2. The van der Waals surface area contributed by atoms with Gasteiger partial charge in [-0.05, 0) is 31.0 Å². The van der Waals surface area contributed by atoms with Crippen LogP contribution in [0.1, 0.15) is 19.4 Å². The van der Waals surface area contributed by atoms with Gasteiger partial charge >= 0.3 is 0 Å². The number of primary amides is 1. The Morgan fingerprint density at radius 1 is 1.33 bits per heavy atom. The fourth-order valence-corrected chi connectivity index (χ4v) is 1.86. The molecule has 1 heterocycles. The normalized spacial score (nSPS) is 11.7. The third kappa shape index (κ3) is 3.95. The van der Waals surface area contributed by atoms with Crippen LogP contribution in [0.15, 0.2) is 42.6 Å². The molecule has 1 atom stereocenters. The standard InChI is InChI=1S/C16H19N3O2/c1-3-12-6-4-5-7-14(12)21-15-9-8-13(10-18-15)19-11(2)16(17)20/h4-11,19H,3H2,1-2H3,(H2,17,20)/t11-/m1/s1. The Kier molecular flexibility index (Phi) is 4.77. The summed E-state index contributed by atoms with van der Waals surface area (Å²) in [6, 6.07) is 11.0. The van der Waals surface area contributed by atoms with Crippen molar-refractivity contribution < 1.29 is 9.53 Å². The largest absolute Gasteiger partial charge is 0.439 e. The highest BCUT2D eigenvalue weighted by atomic mass is 16.5. The first-order valence-corrected chi connectivity index (χ1v) is 6.87. The third-order valence-electron chi connectivity index (χ3n) is 3.11. The molecule has 0 aliphatic rings. The predicted octanol–water partition coefficient (Wildman–Crippen LogP) is 2.72. The van der Waals surface area contributed by atoms with Gasteiger partial charge in [-0.3, -0.25) is 4.79 Å². The summed E-state index contributed by atoms with van der Waals surface area (Å²) in [7, 11) is 0. The van der Waals surface area contributed by atoms with E-state index in [0.717, 1.165) is 23.4 Å². The highest BCUT2D eigenvalue weighted by Gasteiger charge is 2.08. The Balaban J connectivity index is 2.07. The summed E-state index contributed by atoms with van der Waals surface area (Å²) in [6.07, 6.45) is 2.51. The molecule has 0 saturated heterocycles. The number of anilines is 1. The zero-order chi connectivity index (χ0) is 15.2. The van der Waals surface area contributed by atoms with Gasteiger partial charge in [0.05, 0.1) is 11.9 Å². The highest BCUT2D eigenvalue weighted by molar-refractivity contribution is 5.82. The van der Waals surface area contributed by atoms with Crippen LogP contribution in [0.25, 0.3) is 0 Å². The van der Waals surface area contributed by atoms with E-state index in [4.69, 9.17) is 10.5 Å². The van der Waals surface area contributed by atoms with Crippen molar-refractivity contribution in [2.45, 2.75) is 26.3 Å². The van der Waals surface area contributed by atoms with Crippen LogP contribution in [0.3, 0.4) is 0 Å². The van der Waals surface area contributed by atoms with Crippen LogP contribution >= 0.6 is 0 Å². The second kappa shape index (κ2) is 6.74. The Bertz CT molecular complexity index is 611. The molecule has 0 aliphatic heterocycles. The predicted molar refractivity (Wildman–Crippen MR) is 82.4 cm³/mol. The smallest absolute Gasteiger partial charge is 0.239 e. The van der Waals surface area contributed by atoms with Crippen LogP contribution < -0.4 is 15.8 Å². The molecule has 21 heavy (non-hydrogen) atoms. The molecule has 3 N–H and O–H groups in total. The van der Waals surface area contributed by atoms with E-state index in [1.807, 2.05) is 24.3 Å². The Morgan fingerprint density at radius 2 is 2.10 bits per heavy atom. The fraction of sp³-hybridized carbons (Fsp3) is 0.250. The van der Waals surface area contributed by atoms with Gasteiger partial charge in [-0.25, -0.2) is 4.98 Å². The summed E-state index contributed by atoms with van der Waals surface area (Å²) in [5.74, 6) is 0.902. The molecule has 1 amide bonds. The van der Waals surface area contributed by atoms with Gasteiger partial charge in [0, 0.05) is 6.07 Å². The number of amides is 1. The maximum absolute atomic E-state index is 11.0. The van der Waals surface area contributed by atoms with Gasteiger partial charge in [0.2, 0.25) is 11.8 Å². The van der Waals surface area contributed by atoms with Crippen LogP contribution in [0.2, 0.25) is 0 Å². The van der Waals surface area contributed by atoms with E-state index in [-0.39, 0.29) is 0 Å². The zero-order valence-electron chi connectivity index (χ0n) is 12.2. The molecule has 110 valence electrons. The number of nitrogens with two attached hydrogens (primary N) is 1. The van der Waals surface area contributed by atoms with Crippen molar-refractivity contribution in [3.63, 3.8) is 0 Å². The third-order valence-corrected chi connectivity index (χ3v) is 3.11. The summed E-state index contributed by atoms with van der Waals surface area (Å²) < 4.78 is 5.78. The molecule has 5 nitrogen and oxygen atoms in total. The van der Waals surface area contributed by atoms with Crippen molar-refractivity contribution in [3.05, 3.63) is 48.2 Å². The summed E-state index contributed by atoms with van der Waals surface area (Å²) in [4.78, 5) is 15.2. The number of rotatable bonds is 6. The molecule has 1 aromatic heterocycles. The van der Waals surface area contributed by atoms with Gasteiger partial charge in [0.15, 0.2) is 0 Å². The average Bonchev–Trinajstić information content (AvgIpc) is 2.49. The van der Waals surface area contributed by atoms with E-state index >= 15 is 0 Å². The van der Waals surface area contributed by atoms with Crippen molar-refractivity contribution in [3.8, 4) is 11.6 Å². The number of benzene rings is 1. The first-order chi connectivity index (χ1) is 10.1. The lowest BCUT2D eigenvalue weighted by Gasteiger charge is -2.12. The Hall–Kier alpha value is -2.56. The molecule has 0 unspecified atom stereocenters.